The fraction of sp³-hybridized carbons (Fsp3) is 0.667. The van der Waals surface area contributed by atoms with Gasteiger partial charge in [-0.2, -0.15) is 11.8 Å². The number of carbonyl (C=O) groups is 6. The first-order valence-corrected chi connectivity index (χ1v) is 12.5. The highest BCUT2D eigenvalue weighted by molar-refractivity contribution is 8.01. The molecule has 10 N–H and O–H groups in total. The average molecular weight is 523 g/mol. The van der Waals surface area contributed by atoms with Gasteiger partial charge in [-0.05, 0) is 25.4 Å². The zero-order valence-corrected chi connectivity index (χ0v) is 20.3. The van der Waals surface area contributed by atoms with Gasteiger partial charge in [0.05, 0.1) is 19.1 Å². The first-order chi connectivity index (χ1) is 15.9. The molecule has 1 rings (SSSR count). The molecule has 0 aromatic rings. The van der Waals surface area contributed by atoms with Gasteiger partial charge in [0.25, 0.3) is 0 Å². The van der Waals surface area contributed by atoms with Crippen LogP contribution in [0.4, 0.5) is 0 Å². The number of thioether (sulfide) groups is 2. The Morgan fingerprint density at radius 2 is 1.71 bits per heavy atom. The van der Waals surface area contributed by atoms with Crippen molar-refractivity contribution >= 4 is 59.0 Å². The molecular formula is C18H30N6O8S2. The zero-order valence-electron chi connectivity index (χ0n) is 18.7. The highest BCUT2D eigenvalue weighted by Crippen LogP contribution is 2.29. The van der Waals surface area contributed by atoms with Crippen LogP contribution in [0.25, 0.3) is 0 Å². The van der Waals surface area contributed by atoms with Gasteiger partial charge in [-0.1, -0.05) is 0 Å². The van der Waals surface area contributed by atoms with Gasteiger partial charge in [0.1, 0.15) is 18.1 Å². The molecule has 0 aliphatic carbocycles. The second-order valence-corrected chi connectivity index (χ2v) is 9.79. The SMILES string of the molecule is CSCC[C@@]1(C(=O)O)NC(=O)[C@H](CC(N)=O)NC(=O)[C@H](C)NC(=O)C(CO)NC(=O)[C@@H](N)CS1. The topological polar surface area (TPSA) is 243 Å². The van der Waals surface area contributed by atoms with E-state index in [0.717, 1.165) is 0 Å². The molecule has 0 aromatic heterocycles. The second-order valence-electron chi connectivity index (χ2n) is 7.49. The lowest BCUT2D eigenvalue weighted by Crippen LogP contribution is -2.60. The molecule has 0 saturated carbocycles. The van der Waals surface area contributed by atoms with E-state index in [1.165, 1.54) is 18.7 Å². The summed E-state index contributed by atoms with van der Waals surface area (Å²) in [5, 5.41) is 28.6. The van der Waals surface area contributed by atoms with Crippen molar-refractivity contribution in [3.05, 3.63) is 0 Å². The molecule has 0 radical (unpaired) electrons. The van der Waals surface area contributed by atoms with Crippen molar-refractivity contribution in [3.63, 3.8) is 0 Å². The number of aliphatic hydroxyl groups excluding tert-OH is 1. The third kappa shape index (κ3) is 8.34. The third-order valence-electron chi connectivity index (χ3n) is 4.78. The molecule has 0 bridgehead atoms. The standard InChI is InChI=1S/C18H30N6O8S2/c1-8-13(27)22-10(5-12(20)26)16(30)24-18(17(31)32,3-4-33-2)34-7-9(19)14(28)23-11(6-25)15(29)21-8/h8-11,25H,3-7,19H2,1-2H3,(H2,20,26)(H,21,29)(H,22,27)(H,23,28)(H,24,30)(H,31,32)/t8-,9-,10-,11?,18+/m0/s1. The normalized spacial score (nSPS) is 29.5. The number of carbonyl (C=O) groups excluding carboxylic acids is 5. The highest BCUT2D eigenvalue weighted by Gasteiger charge is 2.43. The summed E-state index contributed by atoms with van der Waals surface area (Å²) in [6, 6.07) is -5.54. The lowest BCUT2D eigenvalue weighted by atomic mass is 10.1. The number of primary amides is 1. The summed E-state index contributed by atoms with van der Waals surface area (Å²) in [7, 11) is 0. The minimum absolute atomic E-state index is 0.0821. The number of hydrogen-bond donors (Lipinski definition) is 8. The van der Waals surface area contributed by atoms with Crippen LogP contribution >= 0.6 is 23.5 Å². The maximum atomic E-state index is 13.0. The molecule has 34 heavy (non-hydrogen) atoms. The van der Waals surface area contributed by atoms with Crippen molar-refractivity contribution in [3.8, 4) is 0 Å². The van der Waals surface area contributed by atoms with E-state index in [0.29, 0.717) is 17.5 Å². The van der Waals surface area contributed by atoms with Crippen LogP contribution in [0.3, 0.4) is 0 Å². The van der Waals surface area contributed by atoms with Gasteiger partial charge in [-0.15, -0.1) is 11.8 Å². The molecule has 1 aliphatic heterocycles. The van der Waals surface area contributed by atoms with E-state index in [1.807, 2.05) is 0 Å². The van der Waals surface area contributed by atoms with Gasteiger partial charge in [-0.25, -0.2) is 4.79 Å². The molecule has 1 heterocycles. The van der Waals surface area contributed by atoms with Crippen LogP contribution in [-0.4, -0.2) is 99.1 Å². The Morgan fingerprint density at radius 1 is 1.09 bits per heavy atom. The average Bonchev–Trinajstić information content (AvgIpc) is 2.76. The van der Waals surface area contributed by atoms with E-state index >= 15 is 0 Å². The fourth-order valence-electron chi connectivity index (χ4n) is 2.79. The summed E-state index contributed by atoms with van der Waals surface area (Å²) < 4.78 is 0. The Kier molecular flexibility index (Phi) is 11.6. The highest BCUT2D eigenvalue weighted by atomic mass is 32.2. The van der Waals surface area contributed by atoms with Gasteiger partial charge >= 0.3 is 5.97 Å². The molecule has 16 heteroatoms. The molecular weight excluding hydrogens is 492 g/mol. The van der Waals surface area contributed by atoms with Gasteiger partial charge in [-0.3, -0.25) is 24.0 Å². The van der Waals surface area contributed by atoms with Crippen LogP contribution in [0.15, 0.2) is 0 Å². The van der Waals surface area contributed by atoms with E-state index in [4.69, 9.17) is 11.5 Å². The van der Waals surface area contributed by atoms with Crippen LogP contribution in [0.1, 0.15) is 19.8 Å². The first kappa shape index (κ1) is 29.5. The molecule has 5 amide bonds. The van der Waals surface area contributed by atoms with Crippen molar-refractivity contribution in [2.75, 3.05) is 24.4 Å². The fourth-order valence-corrected chi connectivity index (χ4v) is 4.59. The van der Waals surface area contributed by atoms with E-state index in [-0.39, 0.29) is 12.2 Å². The molecule has 1 fully saturated rings. The summed E-state index contributed by atoms with van der Waals surface area (Å²) in [5.74, 6) is -5.99. The number of carboxylic acid groups (broad SMARTS) is 1. The molecule has 5 atom stereocenters. The largest absolute Gasteiger partial charge is 0.479 e. The number of amides is 5. The Morgan fingerprint density at radius 3 is 2.24 bits per heavy atom. The summed E-state index contributed by atoms with van der Waals surface area (Å²) in [6.07, 6.45) is 1.01. The van der Waals surface area contributed by atoms with Crippen LogP contribution in [0.2, 0.25) is 0 Å². The first-order valence-electron chi connectivity index (χ1n) is 10.1. The third-order valence-corrected chi connectivity index (χ3v) is 6.89. The lowest BCUT2D eigenvalue weighted by molar-refractivity contribution is -0.144. The van der Waals surface area contributed by atoms with Crippen LogP contribution < -0.4 is 32.7 Å². The zero-order chi connectivity index (χ0) is 26.1. The quantitative estimate of drug-likeness (QED) is 0.160. The second kappa shape index (κ2) is 13.4. The molecule has 1 saturated heterocycles. The van der Waals surface area contributed by atoms with Crippen LogP contribution in [-0.2, 0) is 28.8 Å². The van der Waals surface area contributed by atoms with Crippen molar-refractivity contribution in [1.82, 2.24) is 21.3 Å². The molecule has 1 aliphatic rings. The van der Waals surface area contributed by atoms with Crippen LogP contribution in [0, 0.1) is 0 Å². The minimum atomic E-state index is -1.95. The van der Waals surface area contributed by atoms with Crippen LogP contribution in [0.5, 0.6) is 0 Å². The number of hydrogen-bond acceptors (Lipinski definition) is 10. The van der Waals surface area contributed by atoms with Crippen molar-refractivity contribution in [2.24, 2.45) is 11.5 Å². The summed E-state index contributed by atoms with van der Waals surface area (Å²) >= 11 is 1.98. The Hall–Kier alpha value is -2.56. The van der Waals surface area contributed by atoms with E-state index in [2.05, 4.69) is 21.3 Å². The Balaban J connectivity index is 3.44. The van der Waals surface area contributed by atoms with Gasteiger partial charge in [0.15, 0.2) is 4.87 Å². The van der Waals surface area contributed by atoms with Gasteiger partial charge in [0, 0.05) is 5.75 Å². The van der Waals surface area contributed by atoms with Crippen molar-refractivity contribution in [1.29, 1.82) is 0 Å². The summed E-state index contributed by atoms with van der Waals surface area (Å²) in [6.45, 7) is 0.464. The molecule has 0 spiro atoms. The summed E-state index contributed by atoms with van der Waals surface area (Å²) in [4.78, 5) is 72.2. The Labute approximate surface area is 204 Å². The number of nitrogens with one attached hydrogen (secondary N) is 4. The number of aliphatic carboxylic acids is 1. The summed E-state index contributed by atoms with van der Waals surface area (Å²) in [5.41, 5.74) is 11.1. The van der Waals surface area contributed by atoms with Gasteiger partial charge < -0.3 is 42.9 Å². The molecule has 14 nitrogen and oxygen atoms in total. The van der Waals surface area contributed by atoms with E-state index < -0.39 is 77.6 Å². The minimum Gasteiger partial charge on any atom is -0.479 e. The smallest absolute Gasteiger partial charge is 0.340 e. The molecule has 1 unspecified atom stereocenters. The maximum Gasteiger partial charge on any atom is 0.340 e. The number of nitrogens with two attached hydrogens (primary N) is 2. The number of carboxylic acids is 1. The molecule has 0 aromatic carbocycles. The predicted octanol–water partition coefficient (Wildman–Crippen LogP) is -3.95. The Bertz CT molecular complexity index is 815. The monoisotopic (exact) mass is 522 g/mol. The van der Waals surface area contributed by atoms with E-state index in [9.17, 15) is 39.0 Å². The van der Waals surface area contributed by atoms with Crippen molar-refractivity contribution in [2.45, 2.75) is 48.8 Å². The number of rotatable bonds is 7. The van der Waals surface area contributed by atoms with Crippen molar-refractivity contribution < 1.29 is 39.0 Å². The maximum absolute atomic E-state index is 13.0. The lowest BCUT2D eigenvalue weighted by Gasteiger charge is -2.32. The predicted molar refractivity (Wildman–Crippen MR) is 124 cm³/mol. The number of aliphatic hydroxyl groups is 1. The molecule has 192 valence electrons. The van der Waals surface area contributed by atoms with Gasteiger partial charge in [0.2, 0.25) is 29.5 Å². The van der Waals surface area contributed by atoms with E-state index in [1.54, 1.807) is 6.26 Å².